The number of rotatable bonds is 13. The third kappa shape index (κ3) is 6.80. The zero-order chi connectivity index (χ0) is 28.9. The Morgan fingerprint density at radius 3 is 2.49 bits per heavy atom. The molecule has 0 radical (unpaired) electrons. The lowest BCUT2D eigenvalue weighted by Gasteiger charge is -2.28. The van der Waals surface area contributed by atoms with E-state index in [1.165, 1.54) is 23.2 Å². The van der Waals surface area contributed by atoms with Gasteiger partial charge in [0.15, 0.2) is 0 Å². The molecule has 0 aliphatic rings. The Bertz CT molecular complexity index is 1450. The van der Waals surface area contributed by atoms with E-state index in [9.17, 15) is 22.8 Å². The van der Waals surface area contributed by atoms with Gasteiger partial charge in [-0.25, -0.2) is 23.1 Å². The van der Waals surface area contributed by atoms with Crippen LogP contribution in [-0.2, 0) is 19.6 Å². The maximum atomic E-state index is 13.3. The molecule has 3 atom stereocenters. The van der Waals surface area contributed by atoms with Gasteiger partial charge in [-0.15, -0.1) is 0 Å². The van der Waals surface area contributed by atoms with Crippen LogP contribution in [0.4, 0.5) is 0 Å². The van der Waals surface area contributed by atoms with E-state index in [2.05, 4.69) is 9.71 Å². The second-order valence-corrected chi connectivity index (χ2v) is 10.9. The Morgan fingerprint density at radius 2 is 1.87 bits per heavy atom. The summed E-state index contributed by atoms with van der Waals surface area (Å²) in [6.07, 6.45) is 0.560. The first-order valence-electron chi connectivity index (χ1n) is 12.3. The molecule has 0 fully saturated rings. The number of carbonyl (C=O) groups is 3. The normalized spacial score (nSPS) is 14.1. The lowest BCUT2D eigenvalue weighted by atomic mass is 10.1. The molecule has 39 heavy (non-hydrogen) atoms. The molecular formula is C26H33N5O7S. The topological polar surface area (TPSA) is 151 Å². The monoisotopic (exact) mass is 559 g/mol. The van der Waals surface area contributed by atoms with Gasteiger partial charge in [-0.05, 0) is 51.1 Å². The van der Waals surface area contributed by atoms with E-state index in [0.717, 1.165) is 11.0 Å². The molecule has 1 unspecified atom stereocenters. The van der Waals surface area contributed by atoms with Gasteiger partial charge in [-0.2, -0.15) is 0 Å². The predicted molar refractivity (Wildman–Crippen MR) is 144 cm³/mol. The summed E-state index contributed by atoms with van der Waals surface area (Å²) >= 11 is 0. The molecule has 2 N–H and O–H groups in total. The summed E-state index contributed by atoms with van der Waals surface area (Å²) in [5, 5.41) is 12.1. The number of para-hydroxylation sites is 2. The fraction of sp³-hybridized carbons (Fsp3) is 0.385. The van der Waals surface area contributed by atoms with Crippen molar-refractivity contribution in [1.29, 1.82) is 0 Å². The van der Waals surface area contributed by atoms with Crippen molar-refractivity contribution in [3.05, 3.63) is 54.4 Å². The third-order valence-electron chi connectivity index (χ3n) is 6.27. The van der Waals surface area contributed by atoms with E-state index in [0.29, 0.717) is 6.54 Å². The lowest BCUT2D eigenvalue weighted by molar-refractivity contribution is -0.138. The fourth-order valence-electron chi connectivity index (χ4n) is 4.11. The first-order valence-corrected chi connectivity index (χ1v) is 13.8. The predicted octanol–water partition coefficient (Wildman–Crippen LogP) is 2.32. The summed E-state index contributed by atoms with van der Waals surface area (Å²) in [6.45, 7) is 5.83. The average Bonchev–Trinajstić information content (AvgIpc) is 3.31. The summed E-state index contributed by atoms with van der Waals surface area (Å²) in [7, 11) is -0.994. The van der Waals surface area contributed by atoms with Crippen LogP contribution < -0.4 is 9.46 Å². The van der Waals surface area contributed by atoms with Crippen molar-refractivity contribution in [3.8, 4) is 5.75 Å². The minimum atomic E-state index is -4.42. The number of benzene rings is 2. The van der Waals surface area contributed by atoms with Crippen molar-refractivity contribution >= 4 is 39.2 Å². The number of imidazole rings is 1. The molecule has 2 aromatic carbocycles. The van der Waals surface area contributed by atoms with Crippen molar-refractivity contribution in [3.63, 3.8) is 0 Å². The number of aliphatic carboxylic acids is 1. The fourth-order valence-corrected chi connectivity index (χ4v) is 5.39. The first kappa shape index (κ1) is 29.7. The molecular weight excluding hydrogens is 526 g/mol. The third-order valence-corrected chi connectivity index (χ3v) is 7.80. The number of ether oxygens (including phenoxy) is 1. The van der Waals surface area contributed by atoms with Gasteiger partial charge >= 0.3 is 5.97 Å². The highest BCUT2D eigenvalue weighted by atomic mass is 32.2. The number of carbonyl (C=O) groups excluding carboxylic acids is 2. The molecule has 0 aliphatic heterocycles. The highest BCUT2D eigenvalue weighted by Gasteiger charge is 2.29. The van der Waals surface area contributed by atoms with Crippen LogP contribution >= 0.6 is 0 Å². The zero-order valence-corrected chi connectivity index (χ0v) is 23.3. The minimum absolute atomic E-state index is 0.119. The Kier molecular flexibility index (Phi) is 9.43. The summed E-state index contributed by atoms with van der Waals surface area (Å²) in [5.41, 5.74) is 1.84. The Balaban J connectivity index is 2.03. The van der Waals surface area contributed by atoms with Crippen LogP contribution in [0.3, 0.4) is 0 Å². The Labute approximate surface area is 227 Å². The number of aromatic nitrogens is 2. The molecule has 1 heterocycles. The van der Waals surface area contributed by atoms with Gasteiger partial charge in [0.05, 0.1) is 35.9 Å². The summed E-state index contributed by atoms with van der Waals surface area (Å²) in [4.78, 5) is 39.7. The molecule has 0 aliphatic carbocycles. The van der Waals surface area contributed by atoms with Gasteiger partial charge in [0.1, 0.15) is 23.0 Å². The molecule has 3 rings (SSSR count). The Morgan fingerprint density at radius 1 is 1.18 bits per heavy atom. The van der Waals surface area contributed by atoms with E-state index in [1.54, 1.807) is 39.3 Å². The highest BCUT2D eigenvalue weighted by molar-refractivity contribution is 7.89. The van der Waals surface area contributed by atoms with E-state index in [4.69, 9.17) is 9.84 Å². The number of hydrogen-bond donors (Lipinski definition) is 2. The molecule has 0 saturated heterocycles. The zero-order valence-electron chi connectivity index (χ0n) is 22.4. The second kappa shape index (κ2) is 12.4. The van der Waals surface area contributed by atoms with Gasteiger partial charge in [-0.1, -0.05) is 12.1 Å². The first-order chi connectivity index (χ1) is 18.4. The number of hydrazine groups is 1. The van der Waals surface area contributed by atoms with Crippen LogP contribution in [-0.4, -0.2) is 84.0 Å². The number of carboxylic acids is 1. The van der Waals surface area contributed by atoms with Gasteiger partial charge < -0.3 is 19.2 Å². The average molecular weight is 560 g/mol. The number of sulfonamides is 1. The smallest absolute Gasteiger partial charge is 0.305 e. The number of hydrogen-bond acceptors (Lipinski definition) is 8. The van der Waals surface area contributed by atoms with Crippen LogP contribution in [0.2, 0.25) is 0 Å². The van der Waals surface area contributed by atoms with Crippen molar-refractivity contribution in [2.45, 2.75) is 50.3 Å². The van der Waals surface area contributed by atoms with Gasteiger partial charge in [0.25, 0.3) is 5.91 Å². The quantitative estimate of drug-likeness (QED) is 0.237. The minimum Gasteiger partial charge on any atom is -0.487 e. The molecule has 3 aromatic rings. The van der Waals surface area contributed by atoms with Crippen LogP contribution in [0.15, 0.2) is 53.7 Å². The molecule has 1 aromatic heterocycles. The van der Waals surface area contributed by atoms with Crippen molar-refractivity contribution < 1.29 is 32.6 Å². The molecule has 0 saturated carbocycles. The van der Waals surface area contributed by atoms with Gasteiger partial charge in [0, 0.05) is 26.2 Å². The van der Waals surface area contributed by atoms with Crippen LogP contribution in [0.5, 0.6) is 5.75 Å². The number of nitrogens with zero attached hydrogens (tertiary/aromatic N) is 4. The van der Waals surface area contributed by atoms with E-state index in [-0.39, 0.29) is 34.4 Å². The number of fused-ring (bicyclic) bond motifs is 1. The SMILES string of the molecule is CCN(C(=O)c1ccc(S(=O)(=O)NC(C=O)CC(=O)O)c(O[C@H](C)[C@H](C)n2cnc3ccccc32)c1)N(C)C. The lowest BCUT2D eigenvalue weighted by Crippen LogP contribution is -2.41. The molecule has 0 spiro atoms. The second-order valence-electron chi connectivity index (χ2n) is 9.20. The molecule has 13 heteroatoms. The summed E-state index contributed by atoms with van der Waals surface area (Å²) < 4.78 is 36.7. The van der Waals surface area contributed by atoms with E-state index in [1.807, 2.05) is 35.8 Å². The van der Waals surface area contributed by atoms with E-state index >= 15 is 0 Å². The molecule has 0 bridgehead atoms. The van der Waals surface area contributed by atoms with Gasteiger partial charge in [-0.3, -0.25) is 14.6 Å². The van der Waals surface area contributed by atoms with Crippen molar-refractivity contribution in [2.75, 3.05) is 20.6 Å². The molecule has 1 amide bonds. The van der Waals surface area contributed by atoms with Gasteiger partial charge in [0.2, 0.25) is 10.0 Å². The van der Waals surface area contributed by atoms with E-state index < -0.39 is 34.6 Å². The molecule has 12 nitrogen and oxygen atoms in total. The van der Waals surface area contributed by atoms with Crippen LogP contribution in [0, 0.1) is 0 Å². The highest BCUT2D eigenvalue weighted by Crippen LogP contribution is 2.30. The summed E-state index contributed by atoms with van der Waals surface area (Å²) in [6, 6.07) is 9.65. The van der Waals surface area contributed by atoms with Crippen molar-refractivity contribution in [1.82, 2.24) is 24.3 Å². The van der Waals surface area contributed by atoms with Crippen molar-refractivity contribution in [2.24, 2.45) is 0 Å². The summed E-state index contributed by atoms with van der Waals surface area (Å²) in [5.74, 6) is -1.83. The maximum Gasteiger partial charge on any atom is 0.305 e. The number of nitrogens with one attached hydrogen (secondary N) is 1. The van der Waals surface area contributed by atoms with Crippen LogP contribution in [0.25, 0.3) is 11.0 Å². The number of carboxylic acid groups (broad SMARTS) is 1. The van der Waals surface area contributed by atoms with Crippen LogP contribution in [0.1, 0.15) is 43.6 Å². The number of amides is 1. The largest absolute Gasteiger partial charge is 0.487 e. The Hall–Kier alpha value is -3.81. The number of aldehydes is 1. The standard InChI is InChI=1S/C26H33N5O7S/c1-6-31(29(4)5)26(35)19-11-12-24(39(36,37)28-20(15-32)14-25(33)34)23(13-19)38-18(3)17(2)30-16-27-21-9-7-8-10-22(21)30/h7-13,15-18,20,28H,6,14H2,1-5H3,(H,33,34)/t17-,18+,20?/m0/s1. The molecule has 210 valence electrons. The maximum absolute atomic E-state index is 13.3.